The van der Waals surface area contributed by atoms with E-state index in [1.54, 1.807) is 11.0 Å². The summed E-state index contributed by atoms with van der Waals surface area (Å²) in [5, 5.41) is 16.9. The number of aromatic nitrogens is 6. The third-order valence-electron chi connectivity index (χ3n) is 2.94. The second-order valence-corrected chi connectivity index (χ2v) is 5.32. The van der Waals surface area contributed by atoms with Crippen molar-refractivity contribution >= 4 is 22.6 Å². The summed E-state index contributed by atoms with van der Waals surface area (Å²) in [5.74, 6) is 0.616. The van der Waals surface area contributed by atoms with E-state index in [0.29, 0.717) is 12.4 Å². The topological polar surface area (TPSA) is 61.4 Å². The molecule has 0 bridgehead atoms. The maximum atomic E-state index is 4.42. The minimum Gasteiger partial charge on any atom is -0.259 e. The van der Waals surface area contributed by atoms with Crippen molar-refractivity contribution in [3.05, 3.63) is 45.8 Å². The molecule has 0 aliphatic rings. The lowest BCUT2D eigenvalue weighted by molar-refractivity contribution is 0.573. The van der Waals surface area contributed by atoms with Gasteiger partial charge in [0.15, 0.2) is 0 Å². The highest BCUT2D eigenvalue weighted by molar-refractivity contribution is 14.1. The van der Waals surface area contributed by atoms with E-state index in [4.69, 9.17) is 0 Å². The van der Waals surface area contributed by atoms with E-state index in [9.17, 15) is 0 Å². The molecule has 7 heteroatoms. The molecule has 3 rings (SSSR count). The first-order chi connectivity index (χ1) is 9.78. The monoisotopic (exact) mass is 380 g/mol. The molecule has 2 heterocycles. The van der Waals surface area contributed by atoms with E-state index in [1.807, 2.05) is 35.0 Å². The number of hydrogen-bond acceptors (Lipinski definition) is 4. The van der Waals surface area contributed by atoms with Crippen LogP contribution < -0.4 is 0 Å². The van der Waals surface area contributed by atoms with Crippen LogP contribution in [0.1, 0.15) is 12.5 Å². The molecule has 102 valence electrons. The summed E-state index contributed by atoms with van der Waals surface area (Å²) in [4.78, 5) is 1.60. The number of nitrogens with zero attached hydrogens (tertiary/aromatic N) is 6. The molecular weight excluding hydrogens is 367 g/mol. The van der Waals surface area contributed by atoms with Crippen LogP contribution in [0.5, 0.6) is 0 Å². The SMILES string of the molecule is CCn1ncc(-c2nnn(Cc3ccccc3)n2)c1I. The second-order valence-electron chi connectivity index (χ2n) is 4.29. The fourth-order valence-electron chi connectivity index (χ4n) is 1.91. The van der Waals surface area contributed by atoms with Gasteiger partial charge in [0.05, 0.1) is 18.3 Å². The van der Waals surface area contributed by atoms with E-state index in [0.717, 1.165) is 21.4 Å². The Hall–Kier alpha value is -1.77. The normalized spacial score (nSPS) is 10.9. The Morgan fingerprint density at radius 3 is 2.70 bits per heavy atom. The molecule has 0 saturated carbocycles. The molecule has 0 atom stereocenters. The fraction of sp³-hybridized carbons (Fsp3) is 0.231. The maximum absolute atomic E-state index is 4.42. The van der Waals surface area contributed by atoms with Gasteiger partial charge < -0.3 is 0 Å². The highest BCUT2D eigenvalue weighted by atomic mass is 127. The summed E-state index contributed by atoms with van der Waals surface area (Å²) >= 11 is 2.26. The smallest absolute Gasteiger partial charge is 0.209 e. The third-order valence-corrected chi connectivity index (χ3v) is 4.07. The van der Waals surface area contributed by atoms with Gasteiger partial charge in [0.25, 0.3) is 0 Å². The minimum atomic E-state index is 0.616. The van der Waals surface area contributed by atoms with Crippen molar-refractivity contribution < 1.29 is 0 Å². The summed E-state index contributed by atoms with van der Waals surface area (Å²) in [6, 6.07) is 10.1. The van der Waals surface area contributed by atoms with Gasteiger partial charge in [0.1, 0.15) is 3.70 Å². The molecule has 0 unspecified atom stereocenters. The summed E-state index contributed by atoms with van der Waals surface area (Å²) in [5.41, 5.74) is 2.07. The van der Waals surface area contributed by atoms with Crippen molar-refractivity contribution in [2.24, 2.45) is 0 Å². The van der Waals surface area contributed by atoms with Crippen LogP contribution in [-0.2, 0) is 13.1 Å². The number of rotatable bonds is 4. The number of hydrogen-bond donors (Lipinski definition) is 0. The number of aryl methyl sites for hydroxylation is 1. The van der Waals surface area contributed by atoms with Gasteiger partial charge in [0, 0.05) is 6.54 Å². The standard InChI is InChI=1S/C13H13IN6/c1-2-19-12(14)11(8-15-19)13-16-18-20(17-13)9-10-6-4-3-5-7-10/h3-8H,2,9H2,1H3. The Labute approximate surface area is 129 Å². The molecule has 2 aromatic heterocycles. The average Bonchev–Trinajstić information content (AvgIpc) is 3.06. The zero-order valence-electron chi connectivity index (χ0n) is 10.9. The van der Waals surface area contributed by atoms with E-state index < -0.39 is 0 Å². The molecule has 0 aliphatic heterocycles. The van der Waals surface area contributed by atoms with E-state index in [2.05, 4.69) is 50.0 Å². The Kier molecular flexibility index (Phi) is 3.77. The summed E-state index contributed by atoms with van der Waals surface area (Å²) < 4.78 is 2.94. The van der Waals surface area contributed by atoms with Gasteiger partial charge in [-0.15, -0.1) is 10.2 Å². The predicted octanol–water partition coefficient (Wildman–Crippen LogP) is 2.21. The van der Waals surface area contributed by atoms with Crippen molar-refractivity contribution in [3.63, 3.8) is 0 Å². The van der Waals surface area contributed by atoms with Crippen molar-refractivity contribution in [3.8, 4) is 11.4 Å². The largest absolute Gasteiger partial charge is 0.259 e. The van der Waals surface area contributed by atoms with Gasteiger partial charge in [0.2, 0.25) is 5.82 Å². The zero-order chi connectivity index (χ0) is 13.9. The number of halogens is 1. The lowest BCUT2D eigenvalue weighted by Crippen LogP contribution is -2.03. The molecule has 3 aromatic rings. The first-order valence-corrected chi connectivity index (χ1v) is 7.39. The van der Waals surface area contributed by atoms with Gasteiger partial charge >= 0.3 is 0 Å². The van der Waals surface area contributed by atoms with E-state index in [1.165, 1.54) is 0 Å². The van der Waals surface area contributed by atoms with Crippen LogP contribution in [0.3, 0.4) is 0 Å². The molecule has 0 radical (unpaired) electrons. The van der Waals surface area contributed by atoms with Crippen LogP contribution >= 0.6 is 22.6 Å². The van der Waals surface area contributed by atoms with Crippen LogP contribution in [0.15, 0.2) is 36.5 Å². The zero-order valence-corrected chi connectivity index (χ0v) is 13.1. The quantitative estimate of drug-likeness (QED) is 0.652. The average molecular weight is 380 g/mol. The number of tetrazole rings is 1. The van der Waals surface area contributed by atoms with E-state index >= 15 is 0 Å². The molecule has 0 amide bonds. The highest BCUT2D eigenvalue weighted by Crippen LogP contribution is 2.20. The molecular formula is C13H13IN6. The van der Waals surface area contributed by atoms with Gasteiger partial charge in [-0.25, -0.2) is 0 Å². The van der Waals surface area contributed by atoms with Crippen molar-refractivity contribution in [1.29, 1.82) is 0 Å². The second kappa shape index (κ2) is 5.70. The Bertz CT molecular complexity index is 703. The molecule has 0 spiro atoms. The van der Waals surface area contributed by atoms with Crippen molar-refractivity contribution in [1.82, 2.24) is 30.0 Å². The van der Waals surface area contributed by atoms with Gasteiger partial charge in [-0.2, -0.15) is 9.90 Å². The number of benzene rings is 1. The molecule has 1 aromatic carbocycles. The van der Waals surface area contributed by atoms with Crippen molar-refractivity contribution in [2.45, 2.75) is 20.0 Å². The summed E-state index contributed by atoms with van der Waals surface area (Å²) in [7, 11) is 0. The van der Waals surface area contributed by atoms with Gasteiger partial charge in [-0.3, -0.25) is 4.68 Å². The van der Waals surface area contributed by atoms with Crippen LogP contribution in [0.25, 0.3) is 11.4 Å². The molecule has 0 aliphatic carbocycles. The molecule has 6 nitrogen and oxygen atoms in total. The van der Waals surface area contributed by atoms with Gasteiger partial charge in [-0.1, -0.05) is 30.3 Å². The molecule has 0 fully saturated rings. The lowest BCUT2D eigenvalue weighted by atomic mass is 10.2. The Balaban J connectivity index is 1.85. The Morgan fingerprint density at radius 1 is 1.20 bits per heavy atom. The first-order valence-electron chi connectivity index (χ1n) is 6.31. The van der Waals surface area contributed by atoms with Crippen LogP contribution in [0.2, 0.25) is 0 Å². The molecule has 0 N–H and O–H groups in total. The first kappa shape index (κ1) is 13.2. The van der Waals surface area contributed by atoms with Crippen LogP contribution in [0, 0.1) is 3.70 Å². The van der Waals surface area contributed by atoms with Gasteiger partial charge in [-0.05, 0) is 40.3 Å². The van der Waals surface area contributed by atoms with E-state index in [-0.39, 0.29) is 0 Å². The molecule has 0 saturated heterocycles. The Morgan fingerprint density at radius 2 is 2.00 bits per heavy atom. The maximum Gasteiger partial charge on any atom is 0.209 e. The lowest BCUT2D eigenvalue weighted by Gasteiger charge is -1.98. The fourth-order valence-corrected chi connectivity index (χ4v) is 2.75. The van der Waals surface area contributed by atoms with Crippen LogP contribution in [-0.4, -0.2) is 30.0 Å². The molecule has 20 heavy (non-hydrogen) atoms. The third kappa shape index (κ3) is 2.58. The van der Waals surface area contributed by atoms with Crippen LogP contribution in [0.4, 0.5) is 0 Å². The summed E-state index contributed by atoms with van der Waals surface area (Å²) in [6.07, 6.45) is 1.79. The minimum absolute atomic E-state index is 0.616. The highest BCUT2D eigenvalue weighted by Gasteiger charge is 2.14. The predicted molar refractivity (Wildman–Crippen MR) is 83.0 cm³/mol. The van der Waals surface area contributed by atoms with Crippen molar-refractivity contribution in [2.75, 3.05) is 0 Å². The summed E-state index contributed by atoms with van der Waals surface area (Å²) in [6.45, 7) is 3.50.